The van der Waals surface area contributed by atoms with Crippen LogP contribution in [0, 0.1) is 5.82 Å². The molecule has 2 atom stereocenters. The van der Waals surface area contributed by atoms with Crippen LogP contribution in [0.4, 0.5) is 10.1 Å². The number of nitrogens with two attached hydrogens (primary N) is 1. The van der Waals surface area contributed by atoms with E-state index in [0.717, 1.165) is 12.8 Å². The van der Waals surface area contributed by atoms with Crippen LogP contribution in [0.5, 0.6) is 0 Å². The van der Waals surface area contributed by atoms with Crippen LogP contribution in [0.1, 0.15) is 23.2 Å². The molecule has 5 heteroatoms. The Balaban J connectivity index is 1.84. The van der Waals surface area contributed by atoms with Crippen LogP contribution in [-0.2, 0) is 4.74 Å². The number of halogens is 1. The zero-order valence-electron chi connectivity index (χ0n) is 9.93. The first-order valence-electron chi connectivity index (χ1n) is 6.14. The van der Waals surface area contributed by atoms with Crippen molar-refractivity contribution < 1.29 is 13.9 Å². The molecular formula is C13H15FN2O2. The summed E-state index contributed by atoms with van der Waals surface area (Å²) >= 11 is 0. The number of para-hydroxylation sites is 1. The number of hydrogen-bond acceptors (Lipinski definition) is 3. The van der Waals surface area contributed by atoms with Crippen molar-refractivity contribution in [3.8, 4) is 0 Å². The van der Waals surface area contributed by atoms with Crippen LogP contribution in [0.3, 0.4) is 0 Å². The van der Waals surface area contributed by atoms with Gasteiger partial charge in [0.2, 0.25) is 0 Å². The molecule has 2 N–H and O–H groups in total. The van der Waals surface area contributed by atoms with Crippen molar-refractivity contribution in [1.82, 2.24) is 4.90 Å². The Bertz CT molecular complexity index is 480. The van der Waals surface area contributed by atoms with E-state index in [1.165, 1.54) is 12.1 Å². The smallest absolute Gasteiger partial charge is 0.256 e. The van der Waals surface area contributed by atoms with Crippen molar-refractivity contribution in [3.63, 3.8) is 0 Å². The lowest BCUT2D eigenvalue weighted by molar-refractivity contribution is -0.0303. The van der Waals surface area contributed by atoms with Crippen LogP contribution in [-0.4, -0.2) is 36.1 Å². The fourth-order valence-electron chi connectivity index (χ4n) is 2.67. The van der Waals surface area contributed by atoms with Crippen molar-refractivity contribution >= 4 is 11.6 Å². The highest BCUT2D eigenvalue weighted by molar-refractivity contribution is 5.99. The van der Waals surface area contributed by atoms with Crippen molar-refractivity contribution in [2.24, 2.45) is 0 Å². The lowest BCUT2D eigenvalue weighted by atomic mass is 10.1. The first-order chi connectivity index (χ1) is 8.65. The Kier molecular flexibility index (Phi) is 2.70. The second-order valence-corrected chi connectivity index (χ2v) is 4.87. The summed E-state index contributed by atoms with van der Waals surface area (Å²) in [6.07, 6.45) is 2.24. The van der Waals surface area contributed by atoms with Crippen LogP contribution in [0.2, 0.25) is 0 Å². The SMILES string of the molecule is Nc1c(F)cccc1C(=O)N1CC2CCC(C1)O2. The van der Waals surface area contributed by atoms with Crippen molar-refractivity contribution in [3.05, 3.63) is 29.6 Å². The molecule has 2 fully saturated rings. The molecule has 2 aliphatic rings. The number of anilines is 1. The van der Waals surface area contributed by atoms with E-state index in [4.69, 9.17) is 10.5 Å². The fourth-order valence-corrected chi connectivity index (χ4v) is 2.67. The normalized spacial score (nSPS) is 26.4. The van der Waals surface area contributed by atoms with E-state index >= 15 is 0 Å². The average molecular weight is 250 g/mol. The summed E-state index contributed by atoms with van der Waals surface area (Å²) in [7, 11) is 0. The molecule has 1 amide bonds. The highest BCUT2D eigenvalue weighted by Gasteiger charge is 2.36. The number of carbonyl (C=O) groups excluding carboxylic acids is 1. The van der Waals surface area contributed by atoms with E-state index in [2.05, 4.69) is 0 Å². The van der Waals surface area contributed by atoms with E-state index in [9.17, 15) is 9.18 Å². The van der Waals surface area contributed by atoms with Gasteiger partial charge in [0.05, 0.1) is 23.5 Å². The summed E-state index contributed by atoms with van der Waals surface area (Å²) < 4.78 is 19.0. The van der Waals surface area contributed by atoms with Gasteiger partial charge in [-0.15, -0.1) is 0 Å². The fraction of sp³-hybridized carbons (Fsp3) is 0.462. The number of nitrogens with zero attached hydrogens (tertiary/aromatic N) is 1. The molecular weight excluding hydrogens is 235 g/mol. The van der Waals surface area contributed by atoms with Crippen molar-refractivity contribution in [2.45, 2.75) is 25.0 Å². The van der Waals surface area contributed by atoms with E-state index in [1.807, 2.05) is 0 Å². The summed E-state index contributed by atoms with van der Waals surface area (Å²) in [6, 6.07) is 4.33. The van der Waals surface area contributed by atoms with Gasteiger partial charge in [0.15, 0.2) is 0 Å². The Labute approximate surface area is 105 Å². The highest BCUT2D eigenvalue weighted by Crippen LogP contribution is 2.28. The molecule has 0 radical (unpaired) electrons. The molecule has 4 nitrogen and oxygen atoms in total. The predicted molar refractivity (Wildman–Crippen MR) is 64.6 cm³/mol. The second-order valence-electron chi connectivity index (χ2n) is 4.87. The van der Waals surface area contributed by atoms with Crippen LogP contribution in [0.25, 0.3) is 0 Å². The quantitative estimate of drug-likeness (QED) is 0.767. The maximum atomic E-state index is 13.4. The summed E-state index contributed by atoms with van der Waals surface area (Å²) in [6.45, 7) is 1.15. The lowest BCUT2D eigenvalue weighted by Gasteiger charge is -2.32. The highest BCUT2D eigenvalue weighted by atomic mass is 19.1. The minimum atomic E-state index is -0.544. The topological polar surface area (TPSA) is 55.6 Å². The maximum absolute atomic E-state index is 13.4. The number of hydrogen-bond donors (Lipinski definition) is 1. The van der Waals surface area contributed by atoms with Crippen molar-refractivity contribution in [2.75, 3.05) is 18.8 Å². The van der Waals surface area contributed by atoms with Crippen LogP contribution in [0.15, 0.2) is 18.2 Å². The Morgan fingerprint density at radius 1 is 1.33 bits per heavy atom. The molecule has 2 bridgehead atoms. The standard InChI is InChI=1S/C13H15FN2O2/c14-11-3-1-2-10(12(11)15)13(17)16-6-8-4-5-9(7-16)18-8/h1-3,8-9H,4-7,15H2. The molecule has 2 unspecified atom stereocenters. The lowest BCUT2D eigenvalue weighted by Crippen LogP contribution is -2.46. The minimum Gasteiger partial charge on any atom is -0.396 e. The number of carbonyl (C=O) groups is 1. The average Bonchev–Trinajstić information content (AvgIpc) is 2.71. The molecule has 0 aromatic heterocycles. The number of fused-ring (bicyclic) bond motifs is 2. The summed E-state index contributed by atoms with van der Waals surface area (Å²) in [4.78, 5) is 14.0. The molecule has 0 spiro atoms. The van der Waals surface area contributed by atoms with Gasteiger partial charge in [-0.1, -0.05) is 6.07 Å². The molecule has 18 heavy (non-hydrogen) atoms. The number of rotatable bonds is 1. The van der Waals surface area contributed by atoms with Gasteiger partial charge in [-0.05, 0) is 25.0 Å². The van der Waals surface area contributed by atoms with Gasteiger partial charge in [-0.3, -0.25) is 4.79 Å². The molecule has 2 saturated heterocycles. The minimum absolute atomic E-state index is 0.0682. The number of nitrogen functional groups attached to an aromatic ring is 1. The van der Waals surface area contributed by atoms with Gasteiger partial charge < -0.3 is 15.4 Å². The van der Waals surface area contributed by atoms with Gasteiger partial charge in [0.1, 0.15) is 5.82 Å². The molecule has 96 valence electrons. The largest absolute Gasteiger partial charge is 0.396 e. The molecule has 1 aromatic rings. The van der Waals surface area contributed by atoms with E-state index in [0.29, 0.717) is 13.1 Å². The zero-order chi connectivity index (χ0) is 12.7. The summed E-state index contributed by atoms with van der Waals surface area (Å²) in [5, 5.41) is 0. The van der Waals surface area contributed by atoms with E-state index in [-0.39, 0.29) is 29.4 Å². The van der Waals surface area contributed by atoms with E-state index < -0.39 is 5.82 Å². The first kappa shape index (κ1) is 11.5. The number of morpholine rings is 1. The monoisotopic (exact) mass is 250 g/mol. The maximum Gasteiger partial charge on any atom is 0.256 e. The first-order valence-corrected chi connectivity index (χ1v) is 6.14. The molecule has 2 heterocycles. The van der Waals surface area contributed by atoms with Gasteiger partial charge >= 0.3 is 0 Å². The van der Waals surface area contributed by atoms with Crippen molar-refractivity contribution in [1.29, 1.82) is 0 Å². The number of ether oxygens (including phenoxy) is 1. The summed E-state index contributed by atoms with van der Waals surface area (Å²) in [5.74, 6) is -0.746. The molecule has 0 aliphatic carbocycles. The molecule has 1 aromatic carbocycles. The Hall–Kier alpha value is -1.62. The second kappa shape index (κ2) is 4.24. The number of amides is 1. The van der Waals surface area contributed by atoms with Crippen LogP contribution >= 0.6 is 0 Å². The molecule has 3 rings (SSSR count). The molecule has 0 saturated carbocycles. The Morgan fingerprint density at radius 2 is 2.00 bits per heavy atom. The predicted octanol–water partition coefficient (Wildman–Crippen LogP) is 1.41. The third-order valence-electron chi connectivity index (χ3n) is 3.61. The van der Waals surface area contributed by atoms with Gasteiger partial charge in [0.25, 0.3) is 5.91 Å². The van der Waals surface area contributed by atoms with Gasteiger partial charge in [0, 0.05) is 13.1 Å². The van der Waals surface area contributed by atoms with Gasteiger partial charge in [-0.25, -0.2) is 4.39 Å². The number of benzene rings is 1. The van der Waals surface area contributed by atoms with E-state index in [1.54, 1.807) is 11.0 Å². The van der Waals surface area contributed by atoms with Gasteiger partial charge in [-0.2, -0.15) is 0 Å². The third kappa shape index (κ3) is 1.84. The Morgan fingerprint density at radius 3 is 2.67 bits per heavy atom. The molecule has 2 aliphatic heterocycles. The third-order valence-corrected chi connectivity index (χ3v) is 3.61. The number of likely N-dealkylation sites (tertiary alicyclic amines) is 1. The zero-order valence-corrected chi connectivity index (χ0v) is 9.93. The summed E-state index contributed by atoms with van der Waals surface area (Å²) in [5.41, 5.74) is 5.80. The van der Waals surface area contributed by atoms with Crippen LogP contribution < -0.4 is 5.73 Å².